The number of hydrogen-bond acceptors (Lipinski definition) is 3. The van der Waals surface area contributed by atoms with Crippen molar-refractivity contribution in [3.05, 3.63) is 12.2 Å². The van der Waals surface area contributed by atoms with Crippen LogP contribution >= 0.6 is 0 Å². The Bertz CT molecular complexity index is 549. The van der Waals surface area contributed by atoms with E-state index in [0.717, 1.165) is 44.9 Å². The van der Waals surface area contributed by atoms with Crippen molar-refractivity contribution in [3.63, 3.8) is 0 Å². The lowest BCUT2D eigenvalue weighted by Gasteiger charge is -2.42. The van der Waals surface area contributed by atoms with Crippen molar-refractivity contribution < 1.29 is 34.2 Å². The molecule has 0 aliphatic rings. The van der Waals surface area contributed by atoms with Crippen LogP contribution in [0.4, 0.5) is 0 Å². The fourth-order valence-corrected chi connectivity index (χ4v) is 4.46. The average molecular weight is 471 g/mol. The van der Waals surface area contributed by atoms with Gasteiger partial charge in [-0.15, -0.1) is 0 Å². The Kier molecular flexibility index (Phi) is 16.6. The first-order valence-corrected chi connectivity index (χ1v) is 12.7. The van der Waals surface area contributed by atoms with Crippen LogP contribution in [0, 0.1) is 17.8 Å². The molecule has 0 saturated carbocycles. The molecule has 0 saturated heterocycles. The van der Waals surface area contributed by atoms with Gasteiger partial charge in [-0.3, -0.25) is 14.4 Å². The van der Waals surface area contributed by atoms with Crippen LogP contribution in [0.3, 0.4) is 0 Å². The third kappa shape index (κ3) is 14.8. The standard InChI is InChI=1S/C26H47NO6/c1-5-6-7-8-9-10-11-12-13-14-15-16-17-27(18-21(2)24(28)29,19-22(3)25(30)31)20-23(4)26(32)33/h9-10,21-23H,5-8,11-20H2,1-4H3,(H2-,28,29,30,31,32,33)/p+1/b10-9+. The van der Waals surface area contributed by atoms with E-state index in [-0.39, 0.29) is 24.1 Å². The van der Waals surface area contributed by atoms with Crippen LogP contribution in [0.2, 0.25) is 0 Å². The third-order valence-corrected chi connectivity index (χ3v) is 6.39. The lowest BCUT2D eigenvalue weighted by atomic mass is 10.0. The summed E-state index contributed by atoms with van der Waals surface area (Å²) in [4.78, 5) is 34.6. The lowest BCUT2D eigenvalue weighted by Crippen LogP contribution is -2.57. The van der Waals surface area contributed by atoms with Gasteiger partial charge in [0.05, 0.1) is 26.2 Å². The topological polar surface area (TPSA) is 112 Å². The minimum Gasteiger partial charge on any atom is -0.481 e. The van der Waals surface area contributed by atoms with Crippen molar-refractivity contribution in [2.24, 2.45) is 17.8 Å². The second kappa shape index (κ2) is 17.6. The molecule has 7 heteroatoms. The average Bonchev–Trinajstić information content (AvgIpc) is 2.74. The summed E-state index contributed by atoms with van der Waals surface area (Å²) in [6.45, 7) is 8.38. The fraction of sp³-hybridized carbons (Fsp3) is 0.808. The molecule has 0 aromatic carbocycles. The van der Waals surface area contributed by atoms with Gasteiger partial charge in [0.2, 0.25) is 0 Å². The first-order chi connectivity index (χ1) is 15.5. The molecule has 7 nitrogen and oxygen atoms in total. The van der Waals surface area contributed by atoms with Crippen molar-refractivity contribution in [1.82, 2.24) is 0 Å². The Morgan fingerprint density at radius 3 is 1.39 bits per heavy atom. The molecule has 33 heavy (non-hydrogen) atoms. The zero-order valence-electron chi connectivity index (χ0n) is 21.3. The van der Waals surface area contributed by atoms with E-state index < -0.39 is 35.7 Å². The molecule has 0 spiro atoms. The molecule has 0 aromatic heterocycles. The zero-order valence-corrected chi connectivity index (χ0v) is 21.3. The van der Waals surface area contributed by atoms with E-state index in [9.17, 15) is 29.7 Å². The van der Waals surface area contributed by atoms with Crippen LogP contribution in [-0.2, 0) is 14.4 Å². The van der Waals surface area contributed by atoms with Crippen LogP contribution < -0.4 is 0 Å². The Hall–Kier alpha value is -1.89. The highest BCUT2D eigenvalue weighted by Gasteiger charge is 2.38. The SMILES string of the molecule is CCCCC/C=C/CCCCCCC[N+](CC(C)C(=O)O)(CC(C)C(=O)O)CC(C)C(=O)O. The van der Waals surface area contributed by atoms with Crippen molar-refractivity contribution >= 4 is 17.9 Å². The van der Waals surface area contributed by atoms with Gasteiger partial charge in [0.15, 0.2) is 0 Å². The number of quaternary nitrogens is 1. The maximum atomic E-state index is 11.5. The van der Waals surface area contributed by atoms with Crippen LogP contribution in [0.5, 0.6) is 0 Å². The minimum absolute atomic E-state index is 0.217. The first-order valence-electron chi connectivity index (χ1n) is 12.7. The molecule has 0 amide bonds. The predicted molar refractivity (Wildman–Crippen MR) is 131 cm³/mol. The Labute approximate surface area is 200 Å². The summed E-state index contributed by atoms with van der Waals surface area (Å²) in [6.07, 6.45) is 15.7. The minimum atomic E-state index is -0.939. The second-order valence-corrected chi connectivity index (χ2v) is 9.85. The molecule has 0 heterocycles. The van der Waals surface area contributed by atoms with Crippen molar-refractivity contribution in [1.29, 1.82) is 0 Å². The number of rotatable bonds is 21. The monoisotopic (exact) mass is 470 g/mol. The van der Waals surface area contributed by atoms with Crippen molar-refractivity contribution in [2.45, 2.75) is 91.9 Å². The number of hydrogen-bond donors (Lipinski definition) is 3. The van der Waals surface area contributed by atoms with Gasteiger partial charge in [0, 0.05) is 0 Å². The van der Waals surface area contributed by atoms with Gasteiger partial charge in [-0.2, -0.15) is 0 Å². The zero-order chi connectivity index (χ0) is 25.3. The Balaban J connectivity index is 4.87. The van der Waals surface area contributed by atoms with Crippen LogP contribution in [0.25, 0.3) is 0 Å². The molecule has 0 rings (SSSR count). The predicted octanol–water partition coefficient (Wildman–Crippen LogP) is 5.44. The molecule has 0 aliphatic heterocycles. The Morgan fingerprint density at radius 2 is 1.00 bits per heavy atom. The Morgan fingerprint density at radius 1 is 0.636 bits per heavy atom. The summed E-state index contributed by atoms with van der Waals surface area (Å²) in [5, 5.41) is 28.4. The maximum Gasteiger partial charge on any atom is 0.311 e. The normalized spacial score (nSPS) is 16.2. The van der Waals surface area contributed by atoms with E-state index in [1.807, 2.05) is 0 Å². The van der Waals surface area contributed by atoms with Crippen molar-refractivity contribution in [2.75, 3.05) is 26.2 Å². The highest BCUT2D eigenvalue weighted by molar-refractivity contribution is 5.70. The van der Waals surface area contributed by atoms with E-state index in [0.29, 0.717) is 6.54 Å². The smallest absolute Gasteiger partial charge is 0.311 e. The maximum absolute atomic E-state index is 11.5. The van der Waals surface area contributed by atoms with Gasteiger partial charge < -0.3 is 19.8 Å². The van der Waals surface area contributed by atoms with E-state index >= 15 is 0 Å². The quantitative estimate of drug-likeness (QED) is 0.117. The van der Waals surface area contributed by atoms with E-state index in [4.69, 9.17) is 0 Å². The summed E-state index contributed by atoms with van der Waals surface area (Å²) in [6, 6.07) is 0. The van der Waals surface area contributed by atoms with Crippen LogP contribution in [0.15, 0.2) is 12.2 Å². The molecule has 3 N–H and O–H groups in total. The van der Waals surface area contributed by atoms with Gasteiger partial charge in [-0.1, -0.05) is 44.8 Å². The molecule has 0 aliphatic carbocycles. The number of carboxylic acid groups (broad SMARTS) is 3. The van der Waals surface area contributed by atoms with E-state index in [1.54, 1.807) is 20.8 Å². The second-order valence-electron chi connectivity index (χ2n) is 9.85. The molecule has 0 aromatic rings. The van der Waals surface area contributed by atoms with Crippen molar-refractivity contribution in [3.8, 4) is 0 Å². The fourth-order valence-electron chi connectivity index (χ4n) is 4.46. The number of unbranched alkanes of at least 4 members (excludes halogenated alkanes) is 8. The van der Waals surface area contributed by atoms with Gasteiger partial charge in [0.25, 0.3) is 0 Å². The molecule has 3 atom stereocenters. The number of carbonyl (C=O) groups is 3. The third-order valence-electron chi connectivity index (χ3n) is 6.39. The number of aliphatic carboxylic acids is 3. The highest BCUT2D eigenvalue weighted by Crippen LogP contribution is 2.22. The molecule has 0 fully saturated rings. The lowest BCUT2D eigenvalue weighted by molar-refractivity contribution is -0.934. The van der Waals surface area contributed by atoms with Gasteiger partial charge in [-0.05, 0) is 59.3 Å². The molecular formula is C26H48NO6+. The highest BCUT2D eigenvalue weighted by atomic mass is 16.4. The van der Waals surface area contributed by atoms with E-state index in [2.05, 4.69) is 19.1 Å². The summed E-state index contributed by atoms with van der Waals surface area (Å²) in [5.74, 6) is -4.83. The number of nitrogens with zero attached hydrogens (tertiary/aromatic N) is 1. The number of carboxylic acids is 3. The summed E-state index contributed by atoms with van der Waals surface area (Å²) in [5.41, 5.74) is 0. The molecule has 0 bridgehead atoms. The largest absolute Gasteiger partial charge is 0.481 e. The molecule has 0 radical (unpaired) electrons. The molecule has 3 unspecified atom stereocenters. The summed E-state index contributed by atoms with van der Waals surface area (Å²) in [7, 11) is 0. The first kappa shape index (κ1) is 31.1. The van der Waals surface area contributed by atoms with E-state index in [1.165, 1.54) is 19.3 Å². The van der Waals surface area contributed by atoms with Gasteiger partial charge in [-0.25, -0.2) is 0 Å². The summed E-state index contributed by atoms with van der Waals surface area (Å²) >= 11 is 0. The number of allylic oxidation sites excluding steroid dienone is 2. The van der Waals surface area contributed by atoms with Gasteiger partial charge >= 0.3 is 17.9 Å². The summed E-state index contributed by atoms with van der Waals surface area (Å²) < 4.78 is 0.217. The molecular weight excluding hydrogens is 422 g/mol. The van der Waals surface area contributed by atoms with Gasteiger partial charge in [0.1, 0.15) is 17.8 Å². The molecule has 192 valence electrons. The van der Waals surface area contributed by atoms with Crippen LogP contribution in [-0.4, -0.2) is 63.9 Å². The van der Waals surface area contributed by atoms with Crippen LogP contribution in [0.1, 0.15) is 91.9 Å².